The van der Waals surface area contributed by atoms with Crippen molar-refractivity contribution >= 4 is 22.7 Å². The second kappa shape index (κ2) is 7.54. The molecule has 0 atom stereocenters. The Morgan fingerprint density at radius 1 is 1.07 bits per heavy atom. The second-order valence-corrected chi connectivity index (χ2v) is 8.17. The number of hydrogen-bond acceptors (Lipinski definition) is 4. The lowest BCUT2D eigenvalue weighted by Crippen LogP contribution is -2.18. The van der Waals surface area contributed by atoms with E-state index in [0.29, 0.717) is 23.6 Å². The van der Waals surface area contributed by atoms with Crippen LogP contribution in [0.2, 0.25) is 0 Å². The van der Waals surface area contributed by atoms with E-state index in [4.69, 9.17) is 4.52 Å². The van der Waals surface area contributed by atoms with E-state index in [1.54, 1.807) is 16.9 Å². The number of nitrogens with zero attached hydrogens (tertiary/aromatic N) is 3. The highest BCUT2D eigenvalue weighted by Crippen LogP contribution is 2.23. The number of benzene rings is 2. The van der Waals surface area contributed by atoms with Gasteiger partial charge in [0.2, 0.25) is 5.91 Å². The van der Waals surface area contributed by atoms with Gasteiger partial charge in [0.15, 0.2) is 5.58 Å². The number of aromatic nitrogens is 3. The number of nitrogens with one attached hydrogen (secondary N) is 1. The highest BCUT2D eigenvalue weighted by atomic mass is 16.5. The molecule has 4 rings (SSSR count). The Hall–Kier alpha value is -3.41. The van der Waals surface area contributed by atoms with Crippen molar-refractivity contribution in [1.82, 2.24) is 14.9 Å². The van der Waals surface area contributed by atoms with Gasteiger partial charge in [0, 0.05) is 11.5 Å². The fourth-order valence-corrected chi connectivity index (χ4v) is 3.25. The van der Waals surface area contributed by atoms with Gasteiger partial charge in [-0.1, -0.05) is 62.3 Å². The summed E-state index contributed by atoms with van der Waals surface area (Å²) in [6.07, 6.45) is 1.83. The summed E-state index contributed by atoms with van der Waals surface area (Å²) in [6.45, 7) is 7.17. The van der Waals surface area contributed by atoms with Gasteiger partial charge in [0.05, 0.1) is 19.2 Å². The van der Waals surface area contributed by atoms with Crippen molar-refractivity contribution in [3.8, 4) is 0 Å². The van der Waals surface area contributed by atoms with Crippen LogP contribution in [0.5, 0.6) is 0 Å². The Morgan fingerprint density at radius 3 is 2.59 bits per heavy atom. The highest BCUT2D eigenvalue weighted by molar-refractivity contribution is 5.94. The summed E-state index contributed by atoms with van der Waals surface area (Å²) in [5.74, 6) is 0.497. The average molecular weight is 388 g/mol. The average Bonchev–Trinajstić information content (AvgIpc) is 3.29. The fraction of sp³-hybridized carbons (Fsp3) is 0.261. The fourth-order valence-electron chi connectivity index (χ4n) is 3.25. The zero-order valence-corrected chi connectivity index (χ0v) is 16.8. The lowest BCUT2D eigenvalue weighted by atomic mass is 9.87. The molecule has 1 amide bonds. The molecular formula is C23H24N4O2. The largest absolute Gasteiger partial charge is 0.356 e. The summed E-state index contributed by atoms with van der Waals surface area (Å²) in [5, 5.41) is 12.2. The Balaban J connectivity index is 1.44. The molecule has 148 valence electrons. The van der Waals surface area contributed by atoms with Crippen molar-refractivity contribution in [3.63, 3.8) is 0 Å². The number of rotatable bonds is 5. The first-order chi connectivity index (χ1) is 13.9. The van der Waals surface area contributed by atoms with Crippen LogP contribution < -0.4 is 5.32 Å². The summed E-state index contributed by atoms with van der Waals surface area (Å²) in [5.41, 5.74) is 3.84. The van der Waals surface area contributed by atoms with Crippen LogP contribution in [0.1, 0.15) is 37.6 Å². The van der Waals surface area contributed by atoms with Gasteiger partial charge in [0.25, 0.3) is 0 Å². The van der Waals surface area contributed by atoms with Crippen LogP contribution in [0.4, 0.5) is 5.82 Å². The molecule has 0 unspecified atom stereocenters. The number of hydrogen-bond donors (Lipinski definition) is 1. The van der Waals surface area contributed by atoms with Crippen LogP contribution in [-0.2, 0) is 23.2 Å². The van der Waals surface area contributed by atoms with Crippen molar-refractivity contribution in [2.45, 2.75) is 39.2 Å². The monoisotopic (exact) mass is 388 g/mol. The molecule has 0 bridgehead atoms. The molecule has 0 spiro atoms. The van der Waals surface area contributed by atoms with Crippen LogP contribution in [0.25, 0.3) is 11.0 Å². The van der Waals surface area contributed by atoms with E-state index in [9.17, 15) is 4.79 Å². The molecule has 6 nitrogen and oxygen atoms in total. The van der Waals surface area contributed by atoms with Crippen LogP contribution in [0.3, 0.4) is 0 Å². The molecule has 6 heteroatoms. The minimum Gasteiger partial charge on any atom is -0.356 e. The Morgan fingerprint density at radius 2 is 1.83 bits per heavy atom. The smallest absolute Gasteiger partial charge is 0.231 e. The van der Waals surface area contributed by atoms with E-state index in [1.165, 1.54) is 5.56 Å². The molecule has 0 fully saturated rings. The zero-order chi connectivity index (χ0) is 20.4. The molecule has 0 aliphatic carbocycles. The van der Waals surface area contributed by atoms with E-state index in [1.807, 2.05) is 24.3 Å². The van der Waals surface area contributed by atoms with Crippen molar-refractivity contribution in [2.24, 2.45) is 0 Å². The molecule has 1 N–H and O–H groups in total. The van der Waals surface area contributed by atoms with Gasteiger partial charge in [0.1, 0.15) is 11.5 Å². The lowest BCUT2D eigenvalue weighted by Gasteiger charge is -2.19. The molecule has 0 radical (unpaired) electrons. The summed E-state index contributed by atoms with van der Waals surface area (Å²) in [4.78, 5) is 12.5. The topological polar surface area (TPSA) is 73.0 Å². The number of para-hydroxylation sites is 1. The molecule has 0 saturated heterocycles. The number of fused-ring (bicyclic) bond motifs is 1. The standard InChI is InChI=1S/C23H24N4O2/c1-23(2,3)17-10-8-16(9-11-17)15-27-21(12-13-24-27)25-22(28)14-19-18-6-4-5-7-20(18)29-26-19/h4-13H,14-15H2,1-3H3,(H,25,28). The maximum Gasteiger partial charge on any atom is 0.231 e. The van der Waals surface area contributed by atoms with E-state index in [0.717, 1.165) is 10.9 Å². The maximum absolute atomic E-state index is 12.5. The minimum atomic E-state index is -0.158. The predicted octanol–water partition coefficient (Wildman–Crippen LogP) is 4.55. The third kappa shape index (κ3) is 4.21. The third-order valence-electron chi connectivity index (χ3n) is 4.92. The molecule has 0 saturated carbocycles. The molecule has 2 heterocycles. The third-order valence-corrected chi connectivity index (χ3v) is 4.92. The first kappa shape index (κ1) is 18.9. The number of amides is 1. The summed E-state index contributed by atoms with van der Waals surface area (Å²) < 4.78 is 7.06. The van der Waals surface area contributed by atoms with Crippen LogP contribution >= 0.6 is 0 Å². The highest BCUT2D eigenvalue weighted by Gasteiger charge is 2.15. The van der Waals surface area contributed by atoms with Gasteiger partial charge in [-0.25, -0.2) is 4.68 Å². The van der Waals surface area contributed by atoms with Gasteiger partial charge >= 0.3 is 0 Å². The van der Waals surface area contributed by atoms with Crippen LogP contribution in [0, 0.1) is 0 Å². The van der Waals surface area contributed by atoms with Crippen LogP contribution in [-0.4, -0.2) is 20.8 Å². The quantitative estimate of drug-likeness (QED) is 0.544. The van der Waals surface area contributed by atoms with Gasteiger partial charge in [-0.15, -0.1) is 0 Å². The summed E-state index contributed by atoms with van der Waals surface area (Å²) in [6, 6.07) is 17.8. The van der Waals surface area contributed by atoms with E-state index in [-0.39, 0.29) is 17.7 Å². The van der Waals surface area contributed by atoms with Crippen molar-refractivity contribution < 1.29 is 9.32 Å². The molecule has 0 aliphatic heterocycles. The normalized spacial score (nSPS) is 11.7. The molecule has 0 aliphatic rings. The van der Waals surface area contributed by atoms with Crippen molar-refractivity contribution in [3.05, 3.63) is 77.6 Å². The van der Waals surface area contributed by atoms with Gasteiger partial charge in [-0.05, 0) is 28.7 Å². The first-order valence-electron chi connectivity index (χ1n) is 9.64. The number of anilines is 1. The van der Waals surface area contributed by atoms with Crippen LogP contribution in [0.15, 0.2) is 65.3 Å². The second-order valence-electron chi connectivity index (χ2n) is 8.17. The SMILES string of the molecule is CC(C)(C)c1ccc(Cn2nccc2NC(=O)Cc2noc3ccccc23)cc1. The van der Waals surface area contributed by atoms with E-state index in [2.05, 4.69) is 60.6 Å². The van der Waals surface area contributed by atoms with Gasteiger partial charge < -0.3 is 9.84 Å². The van der Waals surface area contributed by atoms with Crippen molar-refractivity contribution in [2.75, 3.05) is 5.32 Å². The molecule has 2 aromatic carbocycles. The predicted molar refractivity (Wildman–Crippen MR) is 113 cm³/mol. The Bertz CT molecular complexity index is 1130. The van der Waals surface area contributed by atoms with E-state index < -0.39 is 0 Å². The molecule has 4 aromatic rings. The summed E-state index contributed by atoms with van der Waals surface area (Å²) >= 11 is 0. The van der Waals surface area contributed by atoms with Gasteiger partial charge in [-0.2, -0.15) is 5.10 Å². The maximum atomic E-state index is 12.5. The molecule has 2 aromatic heterocycles. The number of carbonyl (C=O) groups is 1. The Labute approximate surface area is 169 Å². The summed E-state index contributed by atoms with van der Waals surface area (Å²) in [7, 11) is 0. The van der Waals surface area contributed by atoms with Crippen molar-refractivity contribution in [1.29, 1.82) is 0 Å². The van der Waals surface area contributed by atoms with Gasteiger partial charge in [-0.3, -0.25) is 4.79 Å². The zero-order valence-electron chi connectivity index (χ0n) is 16.8. The molecular weight excluding hydrogens is 364 g/mol. The van der Waals surface area contributed by atoms with E-state index >= 15 is 0 Å². The Kier molecular flexibility index (Phi) is 4.92. The minimum absolute atomic E-state index is 0.120. The lowest BCUT2D eigenvalue weighted by molar-refractivity contribution is -0.115. The number of carbonyl (C=O) groups excluding carboxylic acids is 1. The molecule has 29 heavy (non-hydrogen) atoms. The first-order valence-corrected chi connectivity index (χ1v) is 9.64.